The second kappa shape index (κ2) is 10.1. The van der Waals surface area contributed by atoms with Gasteiger partial charge < -0.3 is 19.7 Å². The Labute approximate surface area is 199 Å². The highest BCUT2D eigenvalue weighted by molar-refractivity contribution is 7.92. The van der Waals surface area contributed by atoms with Crippen LogP contribution < -0.4 is 19.7 Å². The molecule has 0 atom stereocenters. The first-order valence-corrected chi connectivity index (χ1v) is 12.4. The van der Waals surface area contributed by atoms with Gasteiger partial charge in [0.25, 0.3) is 15.9 Å². The number of nitrogens with one attached hydrogen (secondary N) is 2. The Morgan fingerprint density at radius 1 is 0.971 bits per heavy atom. The van der Waals surface area contributed by atoms with Crippen LogP contribution in [-0.4, -0.2) is 47.7 Å². The van der Waals surface area contributed by atoms with Crippen molar-refractivity contribution < 1.29 is 22.7 Å². The first kappa shape index (κ1) is 23.6. The van der Waals surface area contributed by atoms with Crippen LogP contribution in [0.2, 0.25) is 0 Å². The monoisotopic (exact) mass is 481 g/mol. The molecule has 4 rings (SSSR count). The molecule has 1 fully saturated rings. The molecular formula is C25H27N3O5S. The van der Waals surface area contributed by atoms with E-state index in [1.807, 2.05) is 24.3 Å². The van der Waals surface area contributed by atoms with Gasteiger partial charge in [-0.3, -0.25) is 9.52 Å². The molecule has 1 amide bonds. The summed E-state index contributed by atoms with van der Waals surface area (Å²) in [7, 11) is -2.35. The fourth-order valence-corrected chi connectivity index (χ4v) is 4.77. The summed E-state index contributed by atoms with van der Waals surface area (Å²) in [6, 6.07) is 18.6. The maximum absolute atomic E-state index is 13.1. The minimum Gasteiger partial charge on any atom is -0.497 e. The summed E-state index contributed by atoms with van der Waals surface area (Å²) in [5.41, 5.74) is 2.99. The molecule has 1 heterocycles. The number of methoxy groups -OCH3 is 1. The van der Waals surface area contributed by atoms with Crippen molar-refractivity contribution in [2.24, 2.45) is 0 Å². The molecule has 0 aromatic heterocycles. The Morgan fingerprint density at radius 2 is 1.71 bits per heavy atom. The Kier molecular flexibility index (Phi) is 7.04. The number of benzene rings is 3. The molecule has 0 aliphatic carbocycles. The molecule has 2 N–H and O–H groups in total. The largest absolute Gasteiger partial charge is 0.497 e. The van der Waals surface area contributed by atoms with Crippen molar-refractivity contribution in [1.82, 2.24) is 0 Å². The normalized spacial score (nSPS) is 13.9. The van der Waals surface area contributed by atoms with Crippen LogP contribution >= 0.6 is 0 Å². The van der Waals surface area contributed by atoms with Crippen LogP contribution in [-0.2, 0) is 14.8 Å². The average Bonchev–Trinajstić information content (AvgIpc) is 2.85. The second-order valence-corrected chi connectivity index (χ2v) is 9.60. The van der Waals surface area contributed by atoms with Gasteiger partial charge in [-0.15, -0.1) is 0 Å². The number of anilines is 3. The molecule has 1 aliphatic heterocycles. The van der Waals surface area contributed by atoms with Gasteiger partial charge in [0.1, 0.15) is 5.75 Å². The van der Waals surface area contributed by atoms with E-state index in [4.69, 9.17) is 9.47 Å². The lowest BCUT2D eigenvalue weighted by molar-refractivity contribution is 0.102. The van der Waals surface area contributed by atoms with Crippen LogP contribution in [0.3, 0.4) is 0 Å². The molecule has 0 radical (unpaired) electrons. The summed E-state index contributed by atoms with van der Waals surface area (Å²) in [5.74, 6) is 0.244. The first-order chi connectivity index (χ1) is 16.4. The summed E-state index contributed by atoms with van der Waals surface area (Å²) >= 11 is 0. The molecule has 0 unspecified atom stereocenters. The summed E-state index contributed by atoms with van der Waals surface area (Å²) in [4.78, 5) is 15.3. The number of ether oxygens (including phenoxy) is 2. The van der Waals surface area contributed by atoms with E-state index in [-0.39, 0.29) is 16.4 Å². The van der Waals surface area contributed by atoms with E-state index in [2.05, 4.69) is 14.9 Å². The van der Waals surface area contributed by atoms with Crippen molar-refractivity contribution in [2.75, 3.05) is 48.4 Å². The van der Waals surface area contributed by atoms with Crippen molar-refractivity contribution in [1.29, 1.82) is 0 Å². The molecule has 1 saturated heterocycles. The molecule has 1 aliphatic rings. The summed E-state index contributed by atoms with van der Waals surface area (Å²) < 4.78 is 38.9. The molecule has 3 aromatic rings. The number of carbonyl (C=O) groups is 1. The third-order valence-electron chi connectivity index (χ3n) is 5.59. The van der Waals surface area contributed by atoms with Gasteiger partial charge in [0, 0.05) is 35.7 Å². The number of sulfonamides is 1. The zero-order valence-corrected chi connectivity index (χ0v) is 19.9. The first-order valence-electron chi connectivity index (χ1n) is 10.9. The highest BCUT2D eigenvalue weighted by atomic mass is 32.2. The van der Waals surface area contributed by atoms with E-state index in [1.54, 1.807) is 37.3 Å². The van der Waals surface area contributed by atoms with E-state index < -0.39 is 10.0 Å². The Bertz CT molecular complexity index is 1270. The summed E-state index contributed by atoms with van der Waals surface area (Å²) in [6.45, 7) is 4.69. The van der Waals surface area contributed by atoms with E-state index >= 15 is 0 Å². The quantitative estimate of drug-likeness (QED) is 0.531. The van der Waals surface area contributed by atoms with Crippen molar-refractivity contribution in [3.8, 4) is 5.75 Å². The van der Waals surface area contributed by atoms with Gasteiger partial charge in [0.2, 0.25) is 0 Å². The molecule has 0 spiro atoms. The van der Waals surface area contributed by atoms with Crippen LogP contribution in [0.15, 0.2) is 71.6 Å². The number of amides is 1. The Morgan fingerprint density at radius 3 is 2.41 bits per heavy atom. The SMILES string of the molecule is COc1ccc(NS(=O)(=O)c2ccc(C)c(C(=O)Nc3cccc(N4CCOCC4)c3)c2)cc1. The molecule has 178 valence electrons. The minimum absolute atomic E-state index is 0.00105. The summed E-state index contributed by atoms with van der Waals surface area (Å²) in [5, 5.41) is 2.89. The average molecular weight is 482 g/mol. The van der Waals surface area contributed by atoms with Crippen molar-refractivity contribution >= 4 is 33.0 Å². The number of hydrogen-bond acceptors (Lipinski definition) is 6. The topological polar surface area (TPSA) is 97.0 Å². The van der Waals surface area contributed by atoms with Crippen molar-refractivity contribution in [3.05, 3.63) is 77.9 Å². The van der Waals surface area contributed by atoms with E-state index in [1.165, 1.54) is 19.2 Å². The molecule has 34 heavy (non-hydrogen) atoms. The van der Waals surface area contributed by atoms with E-state index in [0.717, 1.165) is 18.8 Å². The standard InChI is InChI=1S/C25H27N3O5S/c1-18-6-11-23(34(30,31)27-19-7-9-22(32-2)10-8-19)17-24(18)25(29)26-20-4-3-5-21(16-20)28-12-14-33-15-13-28/h3-11,16-17,27H,12-15H2,1-2H3,(H,26,29). The van der Waals surface area contributed by atoms with Crippen molar-refractivity contribution in [3.63, 3.8) is 0 Å². The van der Waals surface area contributed by atoms with Gasteiger partial charge in [0.15, 0.2) is 0 Å². The lowest BCUT2D eigenvalue weighted by atomic mass is 10.1. The minimum atomic E-state index is -3.89. The van der Waals surface area contributed by atoms with Crippen LogP contribution in [0.5, 0.6) is 5.75 Å². The summed E-state index contributed by atoms with van der Waals surface area (Å²) in [6.07, 6.45) is 0. The van der Waals surface area contributed by atoms with Gasteiger partial charge >= 0.3 is 0 Å². The molecule has 9 heteroatoms. The predicted molar refractivity (Wildman–Crippen MR) is 132 cm³/mol. The number of hydrogen-bond donors (Lipinski definition) is 2. The van der Waals surface area contributed by atoms with Gasteiger partial charge in [-0.05, 0) is 67.1 Å². The molecular weight excluding hydrogens is 454 g/mol. The number of nitrogens with zero attached hydrogens (tertiary/aromatic N) is 1. The zero-order valence-electron chi connectivity index (χ0n) is 19.1. The van der Waals surface area contributed by atoms with Crippen LogP contribution in [0.1, 0.15) is 15.9 Å². The molecule has 0 saturated carbocycles. The number of carbonyl (C=O) groups excluding carboxylic acids is 1. The highest BCUT2D eigenvalue weighted by Crippen LogP contribution is 2.24. The maximum Gasteiger partial charge on any atom is 0.261 e. The maximum atomic E-state index is 13.1. The highest BCUT2D eigenvalue weighted by Gasteiger charge is 2.19. The van der Waals surface area contributed by atoms with Gasteiger partial charge in [-0.2, -0.15) is 0 Å². The second-order valence-electron chi connectivity index (χ2n) is 7.91. The third-order valence-corrected chi connectivity index (χ3v) is 6.97. The lowest BCUT2D eigenvalue weighted by Crippen LogP contribution is -2.36. The van der Waals surface area contributed by atoms with Gasteiger partial charge in [-0.1, -0.05) is 12.1 Å². The Hall–Kier alpha value is -3.56. The van der Waals surface area contributed by atoms with Crippen LogP contribution in [0.4, 0.5) is 17.1 Å². The zero-order chi connectivity index (χ0) is 24.1. The fraction of sp³-hybridized carbons (Fsp3) is 0.240. The van der Waals surface area contributed by atoms with Crippen LogP contribution in [0.25, 0.3) is 0 Å². The fourth-order valence-electron chi connectivity index (χ4n) is 3.69. The number of morpholine rings is 1. The lowest BCUT2D eigenvalue weighted by Gasteiger charge is -2.29. The van der Waals surface area contributed by atoms with E-state index in [0.29, 0.717) is 35.9 Å². The number of rotatable bonds is 7. The van der Waals surface area contributed by atoms with Gasteiger partial charge in [-0.25, -0.2) is 8.42 Å². The van der Waals surface area contributed by atoms with Gasteiger partial charge in [0.05, 0.1) is 25.2 Å². The van der Waals surface area contributed by atoms with Crippen molar-refractivity contribution in [2.45, 2.75) is 11.8 Å². The van der Waals surface area contributed by atoms with E-state index in [9.17, 15) is 13.2 Å². The Balaban J connectivity index is 1.52. The number of aryl methyl sites for hydroxylation is 1. The van der Waals surface area contributed by atoms with Crippen LogP contribution in [0, 0.1) is 6.92 Å². The molecule has 0 bridgehead atoms. The molecule has 8 nitrogen and oxygen atoms in total. The molecule has 3 aromatic carbocycles. The third kappa shape index (κ3) is 5.49. The smallest absolute Gasteiger partial charge is 0.261 e. The predicted octanol–water partition coefficient (Wildman–Crippen LogP) is 3.89.